The molecule has 0 radical (unpaired) electrons. The van der Waals surface area contributed by atoms with Gasteiger partial charge in [-0.1, -0.05) is 12.1 Å². The molecule has 1 unspecified atom stereocenters. The Morgan fingerprint density at radius 1 is 1.33 bits per heavy atom. The maximum absolute atomic E-state index is 12.1. The van der Waals surface area contributed by atoms with E-state index in [-0.39, 0.29) is 11.9 Å². The van der Waals surface area contributed by atoms with E-state index in [2.05, 4.69) is 5.32 Å². The first-order valence-electron chi connectivity index (χ1n) is 6.32. The van der Waals surface area contributed by atoms with E-state index in [0.29, 0.717) is 0 Å². The molecule has 4 heteroatoms. The van der Waals surface area contributed by atoms with E-state index >= 15 is 0 Å². The van der Waals surface area contributed by atoms with E-state index < -0.39 is 0 Å². The Morgan fingerprint density at radius 2 is 1.94 bits per heavy atom. The summed E-state index contributed by atoms with van der Waals surface area (Å²) in [7, 11) is 1.62. The third-order valence-corrected chi connectivity index (χ3v) is 2.92. The van der Waals surface area contributed by atoms with Gasteiger partial charge in [0.25, 0.3) is 0 Å². The first-order chi connectivity index (χ1) is 8.63. The van der Waals surface area contributed by atoms with Crippen molar-refractivity contribution in [3.05, 3.63) is 24.3 Å². The lowest BCUT2D eigenvalue weighted by atomic mass is 10.2. The van der Waals surface area contributed by atoms with Crippen molar-refractivity contribution < 1.29 is 9.53 Å². The van der Waals surface area contributed by atoms with Crippen LogP contribution in [0.2, 0.25) is 0 Å². The van der Waals surface area contributed by atoms with Crippen molar-refractivity contribution >= 4 is 11.6 Å². The van der Waals surface area contributed by atoms with Gasteiger partial charge in [0.05, 0.1) is 12.8 Å². The number of nitrogens with one attached hydrogen (secondary N) is 1. The molecule has 0 aromatic heterocycles. The van der Waals surface area contributed by atoms with Gasteiger partial charge in [-0.05, 0) is 32.9 Å². The standard InChI is InChI=1S/C14H22N2O2/c1-5-16(6-2)14(17)11(3)15-12-9-7-8-10-13(12)18-4/h7-11,15H,5-6H2,1-4H3. The number of hydrogen-bond donors (Lipinski definition) is 1. The second kappa shape index (κ2) is 6.89. The summed E-state index contributed by atoms with van der Waals surface area (Å²) in [6.07, 6.45) is 0. The fourth-order valence-electron chi connectivity index (χ4n) is 1.87. The smallest absolute Gasteiger partial charge is 0.244 e. The number of hydrogen-bond acceptors (Lipinski definition) is 3. The van der Waals surface area contributed by atoms with E-state index in [9.17, 15) is 4.79 Å². The van der Waals surface area contributed by atoms with Crippen molar-refractivity contribution in [1.29, 1.82) is 0 Å². The number of likely N-dealkylation sites (N-methyl/N-ethyl adjacent to an activating group) is 1. The van der Waals surface area contributed by atoms with Gasteiger partial charge in [0.2, 0.25) is 5.91 Å². The van der Waals surface area contributed by atoms with Crippen molar-refractivity contribution in [3.63, 3.8) is 0 Å². The maximum Gasteiger partial charge on any atom is 0.244 e. The highest BCUT2D eigenvalue weighted by atomic mass is 16.5. The molecule has 18 heavy (non-hydrogen) atoms. The number of rotatable bonds is 6. The molecule has 1 amide bonds. The molecule has 0 aliphatic carbocycles. The van der Waals surface area contributed by atoms with Crippen LogP contribution in [-0.2, 0) is 4.79 Å². The molecular formula is C14H22N2O2. The maximum atomic E-state index is 12.1. The van der Waals surface area contributed by atoms with Gasteiger partial charge in [0.1, 0.15) is 11.8 Å². The summed E-state index contributed by atoms with van der Waals surface area (Å²) in [5.74, 6) is 0.850. The molecule has 1 N–H and O–H groups in total. The van der Waals surface area contributed by atoms with Gasteiger partial charge >= 0.3 is 0 Å². The first kappa shape index (κ1) is 14.4. The third-order valence-electron chi connectivity index (χ3n) is 2.92. The van der Waals surface area contributed by atoms with Crippen LogP contribution in [0.4, 0.5) is 5.69 Å². The van der Waals surface area contributed by atoms with Gasteiger partial charge in [0, 0.05) is 13.1 Å². The van der Waals surface area contributed by atoms with E-state index in [1.165, 1.54) is 0 Å². The molecule has 0 saturated carbocycles. The summed E-state index contributed by atoms with van der Waals surface area (Å²) in [5, 5.41) is 3.19. The number of anilines is 1. The van der Waals surface area contributed by atoms with Crippen LogP contribution in [0.1, 0.15) is 20.8 Å². The summed E-state index contributed by atoms with van der Waals surface area (Å²) in [5.41, 5.74) is 0.841. The van der Waals surface area contributed by atoms with Crippen LogP contribution in [0.3, 0.4) is 0 Å². The molecule has 0 fully saturated rings. The van der Waals surface area contributed by atoms with Crippen LogP contribution in [0, 0.1) is 0 Å². The largest absolute Gasteiger partial charge is 0.495 e. The number of carbonyl (C=O) groups excluding carboxylic acids is 1. The Labute approximate surface area is 109 Å². The minimum absolute atomic E-state index is 0.103. The molecule has 4 nitrogen and oxygen atoms in total. The summed E-state index contributed by atoms with van der Waals surface area (Å²) in [4.78, 5) is 13.9. The van der Waals surface area contributed by atoms with Crippen LogP contribution in [0.15, 0.2) is 24.3 Å². The lowest BCUT2D eigenvalue weighted by Crippen LogP contribution is -2.41. The number of methoxy groups -OCH3 is 1. The number of nitrogens with zero attached hydrogens (tertiary/aromatic N) is 1. The van der Waals surface area contributed by atoms with Gasteiger partial charge in [-0.3, -0.25) is 4.79 Å². The van der Waals surface area contributed by atoms with Crippen LogP contribution in [0.25, 0.3) is 0 Å². The molecule has 0 aliphatic heterocycles. The predicted octanol–water partition coefficient (Wildman–Crippen LogP) is 2.36. The predicted molar refractivity (Wildman–Crippen MR) is 74.0 cm³/mol. The molecule has 0 aliphatic rings. The van der Waals surface area contributed by atoms with E-state index in [0.717, 1.165) is 24.5 Å². The van der Waals surface area contributed by atoms with Crippen molar-refractivity contribution in [2.45, 2.75) is 26.8 Å². The van der Waals surface area contributed by atoms with E-state index in [1.807, 2.05) is 49.9 Å². The lowest BCUT2D eigenvalue weighted by Gasteiger charge is -2.24. The number of benzene rings is 1. The second-order valence-corrected chi connectivity index (χ2v) is 4.08. The molecular weight excluding hydrogens is 228 g/mol. The van der Waals surface area contributed by atoms with Crippen LogP contribution in [-0.4, -0.2) is 37.0 Å². The molecule has 0 bridgehead atoms. The zero-order valence-electron chi connectivity index (χ0n) is 11.6. The molecule has 100 valence electrons. The fraction of sp³-hybridized carbons (Fsp3) is 0.500. The Hall–Kier alpha value is -1.71. The normalized spacial score (nSPS) is 11.8. The van der Waals surface area contributed by atoms with Gasteiger partial charge in [0.15, 0.2) is 0 Å². The zero-order valence-corrected chi connectivity index (χ0v) is 11.6. The highest BCUT2D eigenvalue weighted by Gasteiger charge is 2.18. The van der Waals surface area contributed by atoms with Crippen LogP contribution >= 0.6 is 0 Å². The third kappa shape index (κ3) is 3.39. The zero-order chi connectivity index (χ0) is 13.5. The number of ether oxygens (including phenoxy) is 1. The number of para-hydroxylation sites is 2. The Bertz CT molecular complexity index is 389. The molecule has 0 spiro atoms. The molecule has 0 saturated heterocycles. The fourth-order valence-corrected chi connectivity index (χ4v) is 1.87. The summed E-state index contributed by atoms with van der Waals surface area (Å²) < 4.78 is 5.25. The molecule has 1 atom stereocenters. The molecule has 1 aromatic rings. The molecule has 1 aromatic carbocycles. The number of carbonyl (C=O) groups is 1. The topological polar surface area (TPSA) is 41.6 Å². The Morgan fingerprint density at radius 3 is 2.50 bits per heavy atom. The number of amides is 1. The quantitative estimate of drug-likeness (QED) is 0.842. The van der Waals surface area contributed by atoms with E-state index in [4.69, 9.17) is 4.74 Å². The first-order valence-corrected chi connectivity index (χ1v) is 6.32. The second-order valence-electron chi connectivity index (χ2n) is 4.08. The van der Waals surface area contributed by atoms with Gasteiger partial charge < -0.3 is 15.0 Å². The average Bonchev–Trinajstić information content (AvgIpc) is 2.40. The highest BCUT2D eigenvalue weighted by Crippen LogP contribution is 2.23. The minimum atomic E-state index is -0.263. The summed E-state index contributed by atoms with van der Waals surface area (Å²) in [6, 6.07) is 7.34. The Kier molecular flexibility index (Phi) is 5.49. The monoisotopic (exact) mass is 250 g/mol. The van der Waals surface area contributed by atoms with Gasteiger partial charge in [-0.2, -0.15) is 0 Å². The molecule has 0 heterocycles. The van der Waals surface area contributed by atoms with Crippen molar-refractivity contribution in [2.75, 3.05) is 25.5 Å². The van der Waals surface area contributed by atoms with Gasteiger partial charge in [-0.15, -0.1) is 0 Å². The minimum Gasteiger partial charge on any atom is -0.495 e. The van der Waals surface area contributed by atoms with Crippen molar-refractivity contribution in [2.24, 2.45) is 0 Å². The van der Waals surface area contributed by atoms with Gasteiger partial charge in [-0.25, -0.2) is 0 Å². The van der Waals surface area contributed by atoms with Crippen LogP contribution < -0.4 is 10.1 Å². The van der Waals surface area contributed by atoms with Crippen LogP contribution in [0.5, 0.6) is 5.75 Å². The SMILES string of the molecule is CCN(CC)C(=O)C(C)Nc1ccccc1OC. The van der Waals surface area contributed by atoms with E-state index in [1.54, 1.807) is 7.11 Å². The summed E-state index contributed by atoms with van der Waals surface area (Å²) >= 11 is 0. The summed E-state index contributed by atoms with van der Waals surface area (Å²) in [6.45, 7) is 7.29. The van der Waals surface area contributed by atoms with Crippen molar-refractivity contribution in [1.82, 2.24) is 4.90 Å². The highest BCUT2D eigenvalue weighted by molar-refractivity contribution is 5.84. The Balaban J connectivity index is 2.74. The van der Waals surface area contributed by atoms with Crippen molar-refractivity contribution in [3.8, 4) is 5.75 Å². The lowest BCUT2D eigenvalue weighted by molar-refractivity contribution is -0.131. The molecule has 1 rings (SSSR count). The average molecular weight is 250 g/mol.